The van der Waals surface area contributed by atoms with Crippen LogP contribution < -0.4 is 0 Å². The second-order valence-electron chi connectivity index (χ2n) is 4.33. The van der Waals surface area contributed by atoms with Crippen molar-refractivity contribution < 1.29 is 4.79 Å². The molecule has 1 heterocycles. The van der Waals surface area contributed by atoms with Gasteiger partial charge in [0.25, 0.3) is 0 Å². The molecule has 98 valence electrons. The Labute approximate surface area is 133 Å². The molecular weight excluding hydrogens is 382 g/mol. The van der Waals surface area contributed by atoms with Crippen LogP contribution >= 0.6 is 31.9 Å². The largest absolute Gasteiger partial charge is 0.289 e. The molecule has 2 aromatic carbocycles. The lowest BCUT2D eigenvalue weighted by atomic mass is 10.00. The van der Waals surface area contributed by atoms with Crippen LogP contribution in [-0.2, 0) is 0 Å². The van der Waals surface area contributed by atoms with Crippen LogP contribution in [0.2, 0.25) is 0 Å². The van der Waals surface area contributed by atoms with Gasteiger partial charge in [0.05, 0.1) is 5.52 Å². The highest BCUT2D eigenvalue weighted by molar-refractivity contribution is 9.10. The molecule has 0 amide bonds. The molecule has 20 heavy (non-hydrogen) atoms. The number of benzene rings is 2. The van der Waals surface area contributed by atoms with Crippen molar-refractivity contribution >= 4 is 48.5 Å². The number of carbonyl (C=O) groups excluding carboxylic acids is 1. The highest BCUT2D eigenvalue weighted by Crippen LogP contribution is 2.27. The Morgan fingerprint density at radius 3 is 2.40 bits per heavy atom. The minimum Gasteiger partial charge on any atom is -0.289 e. The standard InChI is InChI=1S/C16H9Br2NO/c17-11-7-5-10(6-8-11)16(20)15-12-3-1-2-4-14(12)19-9-13(15)18/h1-9H. The van der Waals surface area contributed by atoms with Crippen LogP contribution in [0.5, 0.6) is 0 Å². The van der Waals surface area contributed by atoms with Crippen molar-refractivity contribution in [3.63, 3.8) is 0 Å². The molecule has 0 fully saturated rings. The van der Waals surface area contributed by atoms with E-state index in [-0.39, 0.29) is 5.78 Å². The zero-order valence-corrected chi connectivity index (χ0v) is 13.5. The lowest BCUT2D eigenvalue weighted by Gasteiger charge is -2.08. The summed E-state index contributed by atoms with van der Waals surface area (Å²) in [5.74, 6) is -0.0111. The van der Waals surface area contributed by atoms with E-state index in [9.17, 15) is 4.79 Å². The van der Waals surface area contributed by atoms with Crippen molar-refractivity contribution in [2.75, 3.05) is 0 Å². The van der Waals surface area contributed by atoms with Gasteiger partial charge in [-0.3, -0.25) is 9.78 Å². The fraction of sp³-hybridized carbons (Fsp3) is 0. The van der Waals surface area contributed by atoms with Crippen LogP contribution in [0, 0.1) is 0 Å². The fourth-order valence-corrected chi connectivity index (χ4v) is 2.85. The van der Waals surface area contributed by atoms with Gasteiger partial charge >= 0.3 is 0 Å². The van der Waals surface area contributed by atoms with Crippen molar-refractivity contribution in [2.24, 2.45) is 0 Å². The Kier molecular flexibility index (Phi) is 3.68. The third-order valence-electron chi connectivity index (χ3n) is 3.06. The molecule has 0 radical (unpaired) electrons. The van der Waals surface area contributed by atoms with Crippen molar-refractivity contribution in [2.45, 2.75) is 0 Å². The maximum atomic E-state index is 12.7. The van der Waals surface area contributed by atoms with E-state index in [0.29, 0.717) is 15.6 Å². The molecule has 3 aromatic rings. The van der Waals surface area contributed by atoms with Crippen LogP contribution in [0.15, 0.2) is 63.7 Å². The van der Waals surface area contributed by atoms with E-state index in [0.717, 1.165) is 15.4 Å². The molecule has 0 saturated heterocycles. The summed E-state index contributed by atoms with van der Waals surface area (Å²) in [7, 11) is 0. The summed E-state index contributed by atoms with van der Waals surface area (Å²) in [5.41, 5.74) is 2.12. The van der Waals surface area contributed by atoms with Gasteiger partial charge in [0, 0.05) is 31.7 Å². The third kappa shape index (κ3) is 2.41. The maximum absolute atomic E-state index is 12.7. The van der Waals surface area contributed by atoms with E-state index in [1.807, 2.05) is 48.5 Å². The Hall–Kier alpha value is -1.52. The first kappa shape index (κ1) is 13.5. The van der Waals surface area contributed by atoms with Crippen molar-refractivity contribution in [1.82, 2.24) is 4.98 Å². The zero-order chi connectivity index (χ0) is 14.1. The van der Waals surface area contributed by atoms with E-state index in [1.54, 1.807) is 6.20 Å². The average Bonchev–Trinajstić information content (AvgIpc) is 2.47. The highest BCUT2D eigenvalue weighted by Gasteiger charge is 2.16. The number of rotatable bonds is 2. The number of hydrogen-bond donors (Lipinski definition) is 0. The van der Waals surface area contributed by atoms with Crippen LogP contribution in [0.25, 0.3) is 10.9 Å². The second-order valence-corrected chi connectivity index (χ2v) is 6.10. The molecule has 3 rings (SSSR count). The van der Waals surface area contributed by atoms with Crippen LogP contribution in [0.3, 0.4) is 0 Å². The summed E-state index contributed by atoms with van der Waals surface area (Å²) in [6, 6.07) is 15.0. The van der Waals surface area contributed by atoms with Gasteiger partial charge in [0.15, 0.2) is 5.78 Å². The molecule has 0 N–H and O–H groups in total. The Morgan fingerprint density at radius 1 is 0.950 bits per heavy atom. The zero-order valence-electron chi connectivity index (χ0n) is 10.3. The number of nitrogens with zero attached hydrogens (tertiary/aromatic N) is 1. The average molecular weight is 391 g/mol. The molecular formula is C16H9Br2NO. The molecule has 0 spiro atoms. The molecule has 0 bridgehead atoms. The number of halogens is 2. The van der Waals surface area contributed by atoms with Crippen LogP contribution in [-0.4, -0.2) is 10.8 Å². The molecule has 4 heteroatoms. The number of para-hydroxylation sites is 1. The van der Waals surface area contributed by atoms with Crippen LogP contribution in [0.4, 0.5) is 0 Å². The first-order valence-corrected chi connectivity index (χ1v) is 7.59. The van der Waals surface area contributed by atoms with Crippen LogP contribution in [0.1, 0.15) is 15.9 Å². The van der Waals surface area contributed by atoms with E-state index in [1.165, 1.54) is 0 Å². The number of carbonyl (C=O) groups is 1. The monoisotopic (exact) mass is 389 g/mol. The SMILES string of the molecule is O=C(c1ccc(Br)cc1)c1c(Br)cnc2ccccc12. The van der Waals surface area contributed by atoms with Gasteiger partial charge in [-0.2, -0.15) is 0 Å². The minimum absolute atomic E-state index is 0.0111. The molecule has 0 aliphatic carbocycles. The van der Waals surface area contributed by atoms with Gasteiger partial charge in [-0.25, -0.2) is 0 Å². The Balaban J connectivity index is 2.21. The van der Waals surface area contributed by atoms with E-state index in [4.69, 9.17) is 0 Å². The summed E-state index contributed by atoms with van der Waals surface area (Å²) >= 11 is 6.81. The van der Waals surface area contributed by atoms with E-state index < -0.39 is 0 Å². The quantitative estimate of drug-likeness (QED) is 0.577. The predicted molar refractivity (Wildman–Crippen MR) is 87.0 cm³/mol. The molecule has 2 nitrogen and oxygen atoms in total. The molecule has 0 atom stereocenters. The fourth-order valence-electron chi connectivity index (χ4n) is 2.09. The summed E-state index contributed by atoms with van der Waals surface area (Å²) in [6.45, 7) is 0. The Bertz CT molecular complexity index is 797. The summed E-state index contributed by atoms with van der Waals surface area (Å²) in [5, 5.41) is 0.856. The van der Waals surface area contributed by atoms with Crippen molar-refractivity contribution in [3.8, 4) is 0 Å². The molecule has 1 aromatic heterocycles. The number of pyridine rings is 1. The number of ketones is 1. The van der Waals surface area contributed by atoms with Gasteiger partial charge in [0.1, 0.15) is 0 Å². The van der Waals surface area contributed by atoms with Crippen molar-refractivity contribution in [3.05, 3.63) is 74.8 Å². The van der Waals surface area contributed by atoms with Gasteiger partial charge in [-0.15, -0.1) is 0 Å². The second kappa shape index (κ2) is 5.46. The van der Waals surface area contributed by atoms with Gasteiger partial charge in [-0.05, 0) is 46.3 Å². The first-order chi connectivity index (χ1) is 9.66. The summed E-state index contributed by atoms with van der Waals surface area (Å²) < 4.78 is 1.66. The van der Waals surface area contributed by atoms with E-state index in [2.05, 4.69) is 36.8 Å². The van der Waals surface area contributed by atoms with Gasteiger partial charge in [-0.1, -0.05) is 34.1 Å². The molecule has 0 unspecified atom stereocenters. The number of hydrogen-bond acceptors (Lipinski definition) is 2. The molecule has 0 aliphatic heterocycles. The predicted octanol–water partition coefficient (Wildman–Crippen LogP) is 4.99. The first-order valence-electron chi connectivity index (χ1n) is 6.00. The van der Waals surface area contributed by atoms with Gasteiger partial charge < -0.3 is 0 Å². The molecule has 0 saturated carbocycles. The minimum atomic E-state index is -0.0111. The van der Waals surface area contributed by atoms with Crippen molar-refractivity contribution in [1.29, 1.82) is 0 Å². The summed E-state index contributed by atoms with van der Waals surface area (Å²) in [6.07, 6.45) is 1.68. The maximum Gasteiger partial charge on any atom is 0.194 e. The topological polar surface area (TPSA) is 30.0 Å². The summed E-state index contributed by atoms with van der Waals surface area (Å²) in [4.78, 5) is 17.0. The smallest absolute Gasteiger partial charge is 0.194 e. The van der Waals surface area contributed by atoms with E-state index >= 15 is 0 Å². The van der Waals surface area contributed by atoms with Gasteiger partial charge in [0.2, 0.25) is 0 Å². The highest BCUT2D eigenvalue weighted by atomic mass is 79.9. The molecule has 0 aliphatic rings. The Morgan fingerprint density at radius 2 is 1.65 bits per heavy atom. The lowest BCUT2D eigenvalue weighted by molar-refractivity contribution is 0.103. The lowest BCUT2D eigenvalue weighted by Crippen LogP contribution is -2.04. The number of fused-ring (bicyclic) bond motifs is 1. The third-order valence-corrected chi connectivity index (χ3v) is 4.19. The normalized spacial score (nSPS) is 10.7. The number of aromatic nitrogens is 1.